The van der Waals surface area contributed by atoms with Crippen molar-refractivity contribution in [1.82, 2.24) is 4.98 Å². The molecule has 0 unspecified atom stereocenters. The minimum Gasteiger partial charge on any atom is -0.478 e. The van der Waals surface area contributed by atoms with E-state index in [1.54, 1.807) is 13.0 Å². The second-order valence-electron chi connectivity index (χ2n) is 4.73. The minimum atomic E-state index is -1.15. The quantitative estimate of drug-likeness (QED) is 0.939. The van der Waals surface area contributed by atoms with Crippen LogP contribution in [0.4, 0.5) is 10.6 Å². The molecule has 0 saturated heterocycles. The molecular weight excluding hydrogens is 284 g/mol. The van der Waals surface area contributed by atoms with Gasteiger partial charge in [-0.2, -0.15) is 0 Å². The molecule has 0 fully saturated rings. The number of carboxylic acid groups (broad SMARTS) is 1. The Kier molecular flexibility index (Phi) is 4.73. The second-order valence-corrected chi connectivity index (χ2v) is 4.73. The van der Waals surface area contributed by atoms with Gasteiger partial charge in [0.25, 0.3) is 0 Å². The van der Waals surface area contributed by atoms with Crippen LogP contribution in [0, 0.1) is 6.92 Å². The molecule has 1 aromatic carbocycles. The monoisotopic (exact) mass is 300 g/mol. The van der Waals surface area contributed by atoms with Crippen LogP contribution in [0.15, 0.2) is 42.5 Å². The lowest BCUT2D eigenvalue weighted by atomic mass is 10.2. The van der Waals surface area contributed by atoms with Gasteiger partial charge >= 0.3 is 12.1 Å². The Balaban J connectivity index is 2.13. The van der Waals surface area contributed by atoms with Crippen LogP contribution in [0.5, 0.6) is 0 Å². The fourth-order valence-electron chi connectivity index (χ4n) is 1.87. The maximum Gasteiger partial charge on any atom is 0.415 e. The van der Waals surface area contributed by atoms with Gasteiger partial charge in [0.05, 0.1) is 0 Å². The molecule has 22 heavy (non-hydrogen) atoms. The van der Waals surface area contributed by atoms with E-state index >= 15 is 0 Å². The maximum absolute atomic E-state index is 12.1. The van der Waals surface area contributed by atoms with Gasteiger partial charge in [0.1, 0.15) is 12.2 Å². The number of carbonyl (C=O) groups is 2. The van der Waals surface area contributed by atoms with Crippen molar-refractivity contribution in [2.45, 2.75) is 13.5 Å². The Hall–Kier alpha value is -2.89. The van der Waals surface area contributed by atoms with Crippen LogP contribution in [0.25, 0.3) is 0 Å². The van der Waals surface area contributed by atoms with Gasteiger partial charge in [-0.05, 0) is 24.6 Å². The number of hydrogen-bond donors (Lipinski definition) is 1. The summed E-state index contributed by atoms with van der Waals surface area (Å²) in [7, 11) is 1.43. The average Bonchev–Trinajstić information content (AvgIpc) is 2.52. The molecule has 6 heteroatoms. The number of anilines is 1. The normalized spacial score (nSPS) is 10.1. The van der Waals surface area contributed by atoms with Gasteiger partial charge in [0.15, 0.2) is 5.82 Å². The number of nitrogens with zero attached hydrogens (tertiary/aromatic N) is 2. The standard InChI is InChI=1S/C16H16N2O4/c1-11-8-9-13(15(19)20)14(17-11)18(2)16(21)22-10-12-6-4-3-5-7-12/h3-9H,10H2,1-2H3,(H,19,20). The summed E-state index contributed by atoms with van der Waals surface area (Å²) in [5.41, 5.74) is 1.41. The molecule has 2 rings (SSSR count). The van der Waals surface area contributed by atoms with E-state index in [1.807, 2.05) is 30.3 Å². The van der Waals surface area contributed by atoms with Gasteiger partial charge in [-0.1, -0.05) is 30.3 Å². The molecule has 1 heterocycles. The van der Waals surface area contributed by atoms with Crippen molar-refractivity contribution in [2.75, 3.05) is 11.9 Å². The SMILES string of the molecule is Cc1ccc(C(=O)O)c(N(C)C(=O)OCc2ccccc2)n1. The molecule has 1 aromatic heterocycles. The fraction of sp³-hybridized carbons (Fsp3) is 0.188. The van der Waals surface area contributed by atoms with Gasteiger partial charge in [0.2, 0.25) is 0 Å². The number of pyridine rings is 1. The number of rotatable bonds is 4. The summed E-state index contributed by atoms with van der Waals surface area (Å²) in [6.45, 7) is 1.83. The third-order valence-electron chi connectivity index (χ3n) is 3.04. The highest BCUT2D eigenvalue weighted by molar-refractivity contribution is 5.98. The summed E-state index contributed by atoms with van der Waals surface area (Å²) in [5, 5.41) is 9.18. The first-order valence-electron chi connectivity index (χ1n) is 6.64. The first kappa shape index (κ1) is 15.5. The largest absolute Gasteiger partial charge is 0.478 e. The fourth-order valence-corrected chi connectivity index (χ4v) is 1.87. The molecule has 114 valence electrons. The smallest absolute Gasteiger partial charge is 0.415 e. The topological polar surface area (TPSA) is 79.7 Å². The predicted octanol–water partition coefficient (Wildman–Crippen LogP) is 2.86. The van der Waals surface area contributed by atoms with Crippen molar-refractivity contribution in [2.24, 2.45) is 0 Å². The van der Waals surface area contributed by atoms with Crippen molar-refractivity contribution in [3.8, 4) is 0 Å². The van der Waals surface area contributed by atoms with Crippen molar-refractivity contribution < 1.29 is 19.4 Å². The molecular formula is C16H16N2O4. The summed E-state index contributed by atoms with van der Waals surface area (Å²) in [6, 6.07) is 12.2. The lowest BCUT2D eigenvalue weighted by Gasteiger charge is -2.18. The second kappa shape index (κ2) is 6.71. The molecule has 0 radical (unpaired) electrons. The lowest BCUT2D eigenvalue weighted by molar-refractivity contribution is 0.0697. The molecule has 0 aliphatic carbocycles. The summed E-state index contributed by atoms with van der Waals surface area (Å²) in [6.07, 6.45) is -0.663. The lowest BCUT2D eigenvalue weighted by Crippen LogP contribution is -2.29. The van der Waals surface area contributed by atoms with Crippen LogP contribution in [0.2, 0.25) is 0 Å². The van der Waals surface area contributed by atoms with E-state index in [2.05, 4.69) is 4.98 Å². The van der Waals surface area contributed by atoms with Crippen molar-refractivity contribution in [3.63, 3.8) is 0 Å². The van der Waals surface area contributed by atoms with E-state index in [4.69, 9.17) is 4.74 Å². The zero-order valence-corrected chi connectivity index (χ0v) is 12.3. The van der Waals surface area contributed by atoms with Crippen LogP contribution in [0.1, 0.15) is 21.6 Å². The zero-order valence-electron chi connectivity index (χ0n) is 12.3. The van der Waals surface area contributed by atoms with E-state index in [1.165, 1.54) is 13.1 Å². The molecule has 1 N–H and O–H groups in total. The maximum atomic E-state index is 12.1. The van der Waals surface area contributed by atoms with Gasteiger partial charge in [-0.3, -0.25) is 4.90 Å². The van der Waals surface area contributed by atoms with Crippen LogP contribution < -0.4 is 4.90 Å². The molecule has 0 atom stereocenters. The van der Waals surface area contributed by atoms with Gasteiger partial charge in [-0.15, -0.1) is 0 Å². The zero-order chi connectivity index (χ0) is 16.1. The summed E-state index contributed by atoms with van der Waals surface area (Å²) < 4.78 is 5.17. The Labute approximate surface area is 128 Å². The first-order chi connectivity index (χ1) is 10.5. The Bertz CT molecular complexity index is 686. The van der Waals surface area contributed by atoms with Crippen LogP contribution >= 0.6 is 0 Å². The van der Waals surface area contributed by atoms with E-state index in [-0.39, 0.29) is 18.0 Å². The number of aromatic nitrogens is 1. The summed E-state index contributed by atoms with van der Waals surface area (Å²) in [4.78, 5) is 28.5. The van der Waals surface area contributed by atoms with E-state index in [9.17, 15) is 14.7 Å². The highest BCUT2D eigenvalue weighted by Crippen LogP contribution is 2.18. The predicted molar refractivity (Wildman–Crippen MR) is 81.0 cm³/mol. The number of amides is 1. The van der Waals surface area contributed by atoms with E-state index in [0.29, 0.717) is 5.69 Å². The summed E-state index contributed by atoms with van der Waals surface area (Å²) >= 11 is 0. The third-order valence-corrected chi connectivity index (χ3v) is 3.04. The molecule has 0 saturated carbocycles. The van der Waals surface area contributed by atoms with Crippen molar-refractivity contribution in [1.29, 1.82) is 0 Å². The van der Waals surface area contributed by atoms with Crippen LogP contribution in [-0.2, 0) is 11.3 Å². The molecule has 6 nitrogen and oxygen atoms in total. The number of carbonyl (C=O) groups excluding carboxylic acids is 1. The Morgan fingerprint density at radius 3 is 2.50 bits per heavy atom. The van der Waals surface area contributed by atoms with E-state index in [0.717, 1.165) is 10.5 Å². The third kappa shape index (κ3) is 3.60. The van der Waals surface area contributed by atoms with Gasteiger partial charge in [0, 0.05) is 12.7 Å². The highest BCUT2D eigenvalue weighted by Gasteiger charge is 2.21. The highest BCUT2D eigenvalue weighted by atomic mass is 16.6. The Morgan fingerprint density at radius 1 is 1.18 bits per heavy atom. The molecule has 0 aliphatic rings. The Morgan fingerprint density at radius 2 is 1.86 bits per heavy atom. The van der Waals surface area contributed by atoms with Gasteiger partial charge in [-0.25, -0.2) is 14.6 Å². The summed E-state index contributed by atoms with van der Waals surface area (Å²) in [5.74, 6) is -1.09. The molecule has 2 aromatic rings. The molecule has 0 bridgehead atoms. The minimum absolute atomic E-state index is 0.0511. The number of hydrogen-bond acceptors (Lipinski definition) is 4. The number of aromatic carboxylic acids is 1. The van der Waals surface area contributed by atoms with Gasteiger partial charge < -0.3 is 9.84 Å². The molecule has 0 aliphatic heterocycles. The van der Waals surface area contributed by atoms with Crippen molar-refractivity contribution >= 4 is 17.9 Å². The van der Waals surface area contributed by atoms with E-state index < -0.39 is 12.1 Å². The average molecular weight is 300 g/mol. The van der Waals surface area contributed by atoms with Crippen LogP contribution in [-0.4, -0.2) is 29.2 Å². The van der Waals surface area contributed by atoms with Crippen molar-refractivity contribution in [3.05, 3.63) is 59.3 Å². The number of benzene rings is 1. The number of carboxylic acids is 1. The number of ether oxygens (including phenoxy) is 1. The van der Waals surface area contributed by atoms with Crippen LogP contribution in [0.3, 0.4) is 0 Å². The molecule has 0 spiro atoms. The first-order valence-corrected chi connectivity index (χ1v) is 6.64. The molecule has 1 amide bonds. The number of aryl methyl sites for hydroxylation is 1.